The van der Waals surface area contributed by atoms with Crippen molar-refractivity contribution in [3.63, 3.8) is 0 Å². The Kier molecular flexibility index (Phi) is 5.92. The van der Waals surface area contributed by atoms with Crippen molar-refractivity contribution in [2.75, 3.05) is 12.4 Å². The number of carbonyl (C=O) groups is 1. The summed E-state index contributed by atoms with van der Waals surface area (Å²) >= 11 is 0. The second-order valence-corrected chi connectivity index (χ2v) is 4.09. The maximum Gasteiger partial charge on any atom is 0.293 e. The minimum absolute atomic E-state index is 0.0956. The van der Waals surface area contributed by atoms with Crippen molar-refractivity contribution in [1.29, 1.82) is 0 Å². The van der Waals surface area contributed by atoms with Crippen LogP contribution in [-0.2, 0) is 19.6 Å². The molecule has 80 valence electrons. The molecule has 5 nitrogen and oxygen atoms in total. The lowest BCUT2D eigenvalue weighted by Gasteiger charge is -2.06. The number of hydrogen-bond donors (Lipinski definition) is 1. The molecule has 1 N–H and O–H groups in total. The van der Waals surface area contributed by atoms with Crippen LogP contribution in [0.3, 0.4) is 0 Å². The van der Waals surface area contributed by atoms with Crippen molar-refractivity contribution < 1.29 is 22.5 Å². The molecule has 1 atom stereocenters. The summed E-state index contributed by atoms with van der Waals surface area (Å²) in [4.78, 5) is 9.80. The van der Waals surface area contributed by atoms with Crippen LogP contribution in [0.1, 0.15) is 13.3 Å². The zero-order valence-electron chi connectivity index (χ0n) is 7.76. The quantitative estimate of drug-likeness (QED) is 0.296. The van der Waals surface area contributed by atoms with Gasteiger partial charge >= 0.3 is 0 Å². The lowest BCUT2D eigenvalue weighted by Crippen LogP contribution is -2.15. The van der Waals surface area contributed by atoms with Crippen LogP contribution >= 0.6 is 0 Å². The first kappa shape index (κ1) is 12.9. The summed E-state index contributed by atoms with van der Waals surface area (Å²) in [6.07, 6.45) is 0.291. The minimum Gasteiger partial charge on any atom is -0.468 e. The van der Waals surface area contributed by atoms with Crippen molar-refractivity contribution in [1.82, 2.24) is 0 Å². The molecule has 0 aliphatic carbocycles. The highest BCUT2D eigenvalue weighted by atomic mass is 32.2. The van der Waals surface area contributed by atoms with Crippen LogP contribution in [0.25, 0.3) is 0 Å². The Morgan fingerprint density at radius 3 is 2.64 bits per heavy atom. The van der Waals surface area contributed by atoms with Crippen LogP contribution in [0.5, 0.6) is 0 Å². The molecule has 0 bridgehead atoms. The summed E-state index contributed by atoms with van der Waals surface area (Å²) in [7, 11) is -4.03. The number of carbonyl (C=O) groups excluding carboxylic acids is 1. The Labute approximate surface area is 83.2 Å². The lowest BCUT2D eigenvalue weighted by atomic mass is 10.1. The Morgan fingerprint density at radius 2 is 2.21 bits per heavy atom. The van der Waals surface area contributed by atoms with E-state index in [9.17, 15) is 13.2 Å². The predicted octanol–water partition coefficient (Wildman–Crippen LogP) is 0.0768. The molecule has 0 spiro atoms. The van der Waals surface area contributed by atoms with E-state index in [1.165, 1.54) is 0 Å². The fraction of sp³-hybridized carbons (Fsp3) is 0.625. The molecule has 0 aromatic carbocycles. The first-order valence-electron chi connectivity index (χ1n) is 3.92. The van der Waals surface area contributed by atoms with Gasteiger partial charge in [-0.2, -0.15) is 8.42 Å². The molecule has 6 heteroatoms. The molecule has 0 aliphatic heterocycles. The van der Waals surface area contributed by atoms with Gasteiger partial charge in [0.1, 0.15) is 0 Å². The summed E-state index contributed by atoms with van der Waals surface area (Å²) < 4.78 is 34.0. The first-order valence-corrected chi connectivity index (χ1v) is 5.53. The molecular formula is C8H12O5S. The van der Waals surface area contributed by atoms with Gasteiger partial charge in [0, 0.05) is 5.92 Å². The third-order valence-corrected chi connectivity index (χ3v) is 2.24. The fourth-order valence-electron chi connectivity index (χ4n) is 0.914. The maximum atomic E-state index is 10.5. The van der Waals surface area contributed by atoms with Crippen LogP contribution < -0.4 is 0 Å². The minimum atomic E-state index is -4.03. The van der Waals surface area contributed by atoms with Crippen molar-refractivity contribution in [3.05, 3.63) is 0 Å². The average molecular weight is 220 g/mol. The molecule has 0 aliphatic rings. The van der Waals surface area contributed by atoms with E-state index in [-0.39, 0.29) is 13.1 Å². The first-order chi connectivity index (χ1) is 6.49. The highest BCUT2D eigenvalue weighted by Crippen LogP contribution is 2.05. The molecule has 0 aromatic heterocycles. The van der Waals surface area contributed by atoms with Crippen molar-refractivity contribution in [2.24, 2.45) is 5.92 Å². The Balaban J connectivity index is 4.14. The summed E-state index contributed by atoms with van der Waals surface area (Å²) in [6.45, 7) is 1.94. The monoisotopic (exact) mass is 220 g/mol. The van der Waals surface area contributed by atoms with E-state index in [4.69, 9.17) is 4.55 Å². The van der Waals surface area contributed by atoms with E-state index in [0.717, 1.165) is 0 Å². The van der Waals surface area contributed by atoms with E-state index < -0.39 is 21.8 Å². The van der Waals surface area contributed by atoms with Crippen LogP contribution in [-0.4, -0.2) is 31.8 Å². The van der Waals surface area contributed by atoms with Crippen LogP contribution in [0.15, 0.2) is 0 Å². The molecule has 0 saturated heterocycles. The molecule has 14 heavy (non-hydrogen) atoms. The van der Waals surface area contributed by atoms with Crippen molar-refractivity contribution in [2.45, 2.75) is 13.3 Å². The van der Waals surface area contributed by atoms with Gasteiger partial charge in [-0.3, -0.25) is 9.35 Å². The van der Waals surface area contributed by atoms with Gasteiger partial charge in [0.2, 0.25) is 0 Å². The molecule has 0 amide bonds. The molecule has 0 radical (unpaired) electrons. The molecule has 0 fully saturated rings. The molecule has 0 heterocycles. The van der Waals surface area contributed by atoms with Gasteiger partial charge < -0.3 is 4.74 Å². The van der Waals surface area contributed by atoms with Gasteiger partial charge in [0.15, 0.2) is 0 Å². The van der Waals surface area contributed by atoms with Gasteiger partial charge in [-0.15, -0.1) is 5.92 Å². The second-order valence-electron chi connectivity index (χ2n) is 2.60. The van der Waals surface area contributed by atoms with E-state index in [1.54, 1.807) is 6.92 Å². The largest absolute Gasteiger partial charge is 0.468 e. The van der Waals surface area contributed by atoms with Crippen LogP contribution in [0.2, 0.25) is 0 Å². The van der Waals surface area contributed by atoms with Gasteiger partial charge in [0.25, 0.3) is 16.6 Å². The summed E-state index contributed by atoms with van der Waals surface area (Å²) in [5.74, 6) is 4.22. The lowest BCUT2D eigenvalue weighted by molar-refractivity contribution is -0.128. The smallest absolute Gasteiger partial charge is 0.293 e. The van der Waals surface area contributed by atoms with Crippen LogP contribution in [0, 0.1) is 17.8 Å². The Morgan fingerprint density at radius 1 is 1.57 bits per heavy atom. The standard InChI is InChI=1S/C8H12O5S/c1-2-3-8(4-5-13-7-9)6-14(10,11)12/h7-8H,4-6H2,1H3,(H,10,11,12). The van der Waals surface area contributed by atoms with Crippen LogP contribution in [0.4, 0.5) is 0 Å². The fourth-order valence-corrected chi connectivity index (χ4v) is 1.67. The topological polar surface area (TPSA) is 80.7 Å². The zero-order chi connectivity index (χ0) is 11.0. The highest BCUT2D eigenvalue weighted by molar-refractivity contribution is 7.85. The maximum absolute atomic E-state index is 10.5. The SMILES string of the molecule is CC#CC(CCOC=O)CS(=O)(=O)O. The van der Waals surface area contributed by atoms with E-state index in [1.807, 2.05) is 0 Å². The number of hydrogen-bond acceptors (Lipinski definition) is 4. The third kappa shape index (κ3) is 7.58. The van der Waals surface area contributed by atoms with Crippen molar-refractivity contribution in [3.8, 4) is 11.8 Å². The highest BCUT2D eigenvalue weighted by Gasteiger charge is 2.14. The molecular weight excluding hydrogens is 208 g/mol. The number of ether oxygens (including phenoxy) is 1. The van der Waals surface area contributed by atoms with E-state index in [0.29, 0.717) is 6.42 Å². The molecule has 1 unspecified atom stereocenters. The molecule has 0 saturated carbocycles. The third-order valence-electron chi connectivity index (χ3n) is 1.41. The van der Waals surface area contributed by atoms with Gasteiger partial charge in [-0.05, 0) is 13.3 Å². The summed E-state index contributed by atoms with van der Waals surface area (Å²) in [5.41, 5.74) is 0. The van der Waals surface area contributed by atoms with Crippen molar-refractivity contribution >= 4 is 16.6 Å². The van der Waals surface area contributed by atoms with Gasteiger partial charge in [0.05, 0.1) is 12.4 Å². The van der Waals surface area contributed by atoms with E-state index >= 15 is 0 Å². The molecule has 0 rings (SSSR count). The summed E-state index contributed by atoms with van der Waals surface area (Å²) in [6, 6.07) is 0. The Bertz CT molecular complexity index is 321. The number of rotatable bonds is 6. The molecule has 0 aromatic rings. The second kappa shape index (κ2) is 6.40. The summed E-state index contributed by atoms with van der Waals surface area (Å²) in [5, 5.41) is 0. The zero-order valence-corrected chi connectivity index (χ0v) is 8.58. The van der Waals surface area contributed by atoms with Gasteiger partial charge in [-0.25, -0.2) is 0 Å². The Hall–Kier alpha value is -1.06. The normalized spacial score (nSPS) is 12.4. The van der Waals surface area contributed by atoms with E-state index in [2.05, 4.69) is 16.6 Å². The predicted molar refractivity (Wildman–Crippen MR) is 50.0 cm³/mol. The average Bonchev–Trinajstić information content (AvgIpc) is 2.02. The van der Waals surface area contributed by atoms with Gasteiger partial charge in [-0.1, -0.05) is 5.92 Å².